The predicted molar refractivity (Wildman–Crippen MR) is 86.6 cm³/mol. The molecule has 1 atom stereocenters. The third-order valence-corrected chi connectivity index (χ3v) is 6.75. The molecule has 1 aliphatic rings. The van der Waals surface area contributed by atoms with Gasteiger partial charge in [-0.05, 0) is 5.56 Å². The maximum absolute atomic E-state index is 2.59. The van der Waals surface area contributed by atoms with Gasteiger partial charge in [-0.1, -0.05) is 56.0 Å². The third-order valence-electron chi connectivity index (χ3n) is 3.55. The lowest BCUT2D eigenvalue weighted by Crippen LogP contribution is -2.38. The Kier molecular flexibility index (Phi) is 4.57. The summed E-state index contributed by atoms with van der Waals surface area (Å²) < 4.78 is 0. The van der Waals surface area contributed by atoms with Crippen molar-refractivity contribution < 1.29 is 0 Å². The summed E-state index contributed by atoms with van der Waals surface area (Å²) in [6, 6.07) is 9.37. The Morgan fingerprint density at radius 2 is 1.89 bits per heavy atom. The summed E-state index contributed by atoms with van der Waals surface area (Å²) in [6.07, 6.45) is 0. The van der Waals surface area contributed by atoms with E-state index in [0.717, 1.165) is 11.8 Å². The zero-order valence-corrected chi connectivity index (χ0v) is 13.9. The SMILES string of the molecule is CC1CN(Cc2ccc([Si](C)(C)C)cc2)CCS1. The van der Waals surface area contributed by atoms with E-state index in [1.54, 1.807) is 5.19 Å². The van der Waals surface area contributed by atoms with Crippen molar-refractivity contribution in [2.24, 2.45) is 0 Å². The fourth-order valence-corrected chi connectivity index (χ4v) is 4.65. The van der Waals surface area contributed by atoms with E-state index < -0.39 is 8.07 Å². The van der Waals surface area contributed by atoms with E-state index >= 15 is 0 Å². The highest BCUT2D eigenvalue weighted by Crippen LogP contribution is 2.19. The number of rotatable bonds is 3. The van der Waals surface area contributed by atoms with Crippen LogP contribution in [0.15, 0.2) is 24.3 Å². The molecule has 0 spiro atoms. The largest absolute Gasteiger partial charge is 0.297 e. The smallest absolute Gasteiger partial charge is 0.0775 e. The lowest BCUT2D eigenvalue weighted by Gasteiger charge is -2.30. The van der Waals surface area contributed by atoms with E-state index in [2.05, 4.69) is 67.5 Å². The first-order chi connectivity index (χ1) is 8.45. The second kappa shape index (κ2) is 5.80. The maximum Gasteiger partial charge on any atom is 0.0775 e. The molecule has 1 nitrogen and oxygen atoms in total. The number of hydrogen-bond donors (Lipinski definition) is 0. The first kappa shape index (κ1) is 14.2. The summed E-state index contributed by atoms with van der Waals surface area (Å²) in [6.45, 7) is 13.2. The van der Waals surface area contributed by atoms with Crippen LogP contribution < -0.4 is 5.19 Å². The molecule has 0 saturated carbocycles. The highest BCUT2D eigenvalue weighted by atomic mass is 32.2. The van der Waals surface area contributed by atoms with E-state index in [1.807, 2.05) is 0 Å². The van der Waals surface area contributed by atoms with Crippen LogP contribution in [0, 0.1) is 0 Å². The monoisotopic (exact) mass is 279 g/mol. The van der Waals surface area contributed by atoms with Crippen molar-refractivity contribution in [3.8, 4) is 0 Å². The first-order valence-corrected chi connectivity index (χ1v) is 11.4. The fraction of sp³-hybridized carbons (Fsp3) is 0.600. The molecule has 0 N–H and O–H groups in total. The van der Waals surface area contributed by atoms with Crippen molar-refractivity contribution >= 4 is 25.0 Å². The Hall–Kier alpha value is -0.253. The van der Waals surface area contributed by atoms with Gasteiger partial charge in [-0.25, -0.2) is 0 Å². The molecular weight excluding hydrogens is 254 g/mol. The van der Waals surface area contributed by atoms with Crippen LogP contribution in [-0.4, -0.2) is 37.1 Å². The van der Waals surface area contributed by atoms with E-state index in [4.69, 9.17) is 0 Å². The Bertz CT molecular complexity index is 382. The fourth-order valence-electron chi connectivity index (χ4n) is 2.40. The van der Waals surface area contributed by atoms with E-state index in [1.165, 1.54) is 24.4 Å². The highest BCUT2D eigenvalue weighted by Gasteiger charge is 2.18. The van der Waals surface area contributed by atoms with Gasteiger partial charge in [0.25, 0.3) is 0 Å². The molecule has 1 fully saturated rings. The zero-order valence-electron chi connectivity index (χ0n) is 12.1. The lowest BCUT2D eigenvalue weighted by atomic mass is 10.2. The lowest BCUT2D eigenvalue weighted by molar-refractivity contribution is 0.278. The molecule has 3 heteroatoms. The average molecular weight is 280 g/mol. The van der Waals surface area contributed by atoms with E-state index in [9.17, 15) is 0 Å². The van der Waals surface area contributed by atoms with Crippen molar-refractivity contribution in [3.63, 3.8) is 0 Å². The first-order valence-electron chi connectivity index (χ1n) is 6.88. The molecule has 0 aromatic heterocycles. The normalized spacial score (nSPS) is 22.1. The second-order valence-corrected chi connectivity index (χ2v) is 13.0. The van der Waals surface area contributed by atoms with Gasteiger partial charge < -0.3 is 0 Å². The van der Waals surface area contributed by atoms with E-state index in [0.29, 0.717) is 0 Å². The molecule has 0 aliphatic carbocycles. The Morgan fingerprint density at radius 3 is 2.44 bits per heavy atom. The van der Waals surface area contributed by atoms with Gasteiger partial charge in [-0.15, -0.1) is 0 Å². The summed E-state index contributed by atoms with van der Waals surface area (Å²) in [4.78, 5) is 2.59. The molecule has 2 rings (SSSR count). The minimum atomic E-state index is -1.14. The quantitative estimate of drug-likeness (QED) is 0.782. The summed E-state index contributed by atoms with van der Waals surface area (Å²) in [5.74, 6) is 1.29. The summed E-state index contributed by atoms with van der Waals surface area (Å²) in [5.41, 5.74) is 1.47. The van der Waals surface area contributed by atoms with Crippen molar-refractivity contribution in [2.75, 3.05) is 18.8 Å². The Morgan fingerprint density at radius 1 is 1.22 bits per heavy atom. The molecule has 1 unspecified atom stereocenters. The van der Waals surface area contributed by atoms with Crippen LogP contribution in [0.5, 0.6) is 0 Å². The summed E-state index contributed by atoms with van der Waals surface area (Å²) in [7, 11) is -1.14. The van der Waals surface area contributed by atoms with Gasteiger partial charge in [0, 0.05) is 30.6 Å². The molecule has 1 aromatic carbocycles. The molecule has 18 heavy (non-hydrogen) atoms. The standard InChI is InChI=1S/C15H25NSSi/c1-13-11-16(9-10-17-13)12-14-5-7-15(8-6-14)18(2,3)4/h5-8,13H,9-12H2,1-4H3. The van der Waals surface area contributed by atoms with Crippen molar-refractivity contribution in [1.29, 1.82) is 0 Å². The van der Waals surface area contributed by atoms with Crippen LogP contribution in [0.1, 0.15) is 12.5 Å². The maximum atomic E-state index is 2.59. The topological polar surface area (TPSA) is 3.24 Å². The van der Waals surface area contributed by atoms with Gasteiger partial charge in [-0.3, -0.25) is 4.90 Å². The highest BCUT2D eigenvalue weighted by molar-refractivity contribution is 7.99. The van der Waals surface area contributed by atoms with Gasteiger partial charge in [0.2, 0.25) is 0 Å². The van der Waals surface area contributed by atoms with Crippen LogP contribution in [0.3, 0.4) is 0 Å². The molecular formula is C15H25NSSi. The number of hydrogen-bond acceptors (Lipinski definition) is 2. The van der Waals surface area contributed by atoms with Crippen LogP contribution >= 0.6 is 11.8 Å². The molecule has 1 heterocycles. The molecule has 0 amide bonds. The van der Waals surface area contributed by atoms with Gasteiger partial charge >= 0.3 is 0 Å². The average Bonchev–Trinajstić information content (AvgIpc) is 2.28. The molecule has 1 aromatic rings. The van der Waals surface area contributed by atoms with Gasteiger partial charge in [0.1, 0.15) is 0 Å². The molecule has 1 saturated heterocycles. The summed E-state index contributed by atoms with van der Waals surface area (Å²) >= 11 is 2.10. The Labute approximate surface area is 117 Å². The van der Waals surface area contributed by atoms with Gasteiger partial charge in [0.15, 0.2) is 0 Å². The van der Waals surface area contributed by atoms with Crippen LogP contribution in [-0.2, 0) is 6.54 Å². The van der Waals surface area contributed by atoms with Crippen molar-refractivity contribution in [1.82, 2.24) is 4.90 Å². The Balaban J connectivity index is 1.98. The van der Waals surface area contributed by atoms with Crippen LogP contribution in [0.4, 0.5) is 0 Å². The summed E-state index contributed by atoms with van der Waals surface area (Å²) in [5, 5.41) is 2.36. The zero-order chi connectivity index (χ0) is 13.2. The number of thioether (sulfide) groups is 1. The molecule has 1 aliphatic heterocycles. The van der Waals surface area contributed by atoms with Crippen molar-refractivity contribution in [3.05, 3.63) is 29.8 Å². The molecule has 0 radical (unpaired) electrons. The van der Waals surface area contributed by atoms with E-state index in [-0.39, 0.29) is 0 Å². The minimum absolute atomic E-state index is 0.792. The predicted octanol–water partition coefficient (Wildman–Crippen LogP) is 3.17. The van der Waals surface area contributed by atoms with Crippen LogP contribution in [0.2, 0.25) is 19.6 Å². The second-order valence-electron chi connectivity index (χ2n) is 6.36. The minimum Gasteiger partial charge on any atom is -0.297 e. The van der Waals surface area contributed by atoms with Crippen LogP contribution in [0.25, 0.3) is 0 Å². The molecule has 100 valence electrons. The van der Waals surface area contributed by atoms with Gasteiger partial charge in [0.05, 0.1) is 8.07 Å². The third kappa shape index (κ3) is 3.87. The number of nitrogens with zero attached hydrogens (tertiary/aromatic N) is 1. The van der Waals surface area contributed by atoms with Gasteiger partial charge in [-0.2, -0.15) is 11.8 Å². The van der Waals surface area contributed by atoms with Crippen molar-refractivity contribution in [2.45, 2.75) is 38.4 Å². The molecule has 0 bridgehead atoms. The number of benzene rings is 1.